The van der Waals surface area contributed by atoms with E-state index in [2.05, 4.69) is 31.1 Å². The molecule has 0 atom stereocenters. The second-order valence-corrected chi connectivity index (χ2v) is 4.88. The zero-order chi connectivity index (χ0) is 16.9. The van der Waals surface area contributed by atoms with Crippen molar-refractivity contribution in [1.29, 1.82) is 0 Å². The number of carbonyl (C=O) groups excluding carboxylic acids is 1. The summed E-state index contributed by atoms with van der Waals surface area (Å²) in [5.74, 6) is 0.939. The molecule has 0 saturated heterocycles. The van der Waals surface area contributed by atoms with Gasteiger partial charge in [-0.15, -0.1) is 0 Å². The summed E-state index contributed by atoms with van der Waals surface area (Å²) in [5, 5.41) is 3.01. The molecule has 0 fully saturated rings. The second-order valence-electron chi connectivity index (χ2n) is 4.88. The van der Waals surface area contributed by atoms with Crippen LogP contribution >= 0.6 is 0 Å². The number of rotatable bonds is 5. The SMILES string of the molecule is Cc1ccnc(Nc2ncnc(NNC(=O)c3ccco3)c2N)c1. The molecule has 24 heavy (non-hydrogen) atoms. The van der Waals surface area contributed by atoms with E-state index in [0.29, 0.717) is 11.6 Å². The molecule has 0 radical (unpaired) electrons. The van der Waals surface area contributed by atoms with Gasteiger partial charge in [-0.25, -0.2) is 15.0 Å². The normalized spacial score (nSPS) is 10.2. The number of amides is 1. The van der Waals surface area contributed by atoms with E-state index in [1.165, 1.54) is 18.7 Å². The minimum absolute atomic E-state index is 0.164. The van der Waals surface area contributed by atoms with Gasteiger partial charge in [0.25, 0.3) is 0 Å². The van der Waals surface area contributed by atoms with Crippen molar-refractivity contribution < 1.29 is 9.21 Å². The van der Waals surface area contributed by atoms with Gasteiger partial charge >= 0.3 is 5.91 Å². The summed E-state index contributed by atoms with van der Waals surface area (Å²) in [4.78, 5) is 24.1. The van der Waals surface area contributed by atoms with Crippen LogP contribution in [0.25, 0.3) is 0 Å². The first-order valence-corrected chi connectivity index (χ1v) is 7.03. The average Bonchev–Trinajstić information content (AvgIpc) is 3.10. The molecule has 0 spiro atoms. The van der Waals surface area contributed by atoms with Crippen molar-refractivity contribution in [2.75, 3.05) is 16.5 Å². The van der Waals surface area contributed by atoms with Gasteiger partial charge in [0.15, 0.2) is 17.4 Å². The van der Waals surface area contributed by atoms with Crippen LogP contribution in [0.5, 0.6) is 0 Å². The lowest BCUT2D eigenvalue weighted by atomic mass is 10.3. The van der Waals surface area contributed by atoms with Crippen molar-refractivity contribution in [3.8, 4) is 0 Å². The fraction of sp³-hybridized carbons (Fsp3) is 0.0667. The first-order chi connectivity index (χ1) is 11.6. The number of nitrogens with two attached hydrogens (primary N) is 1. The molecule has 122 valence electrons. The lowest BCUT2D eigenvalue weighted by Crippen LogP contribution is -2.30. The van der Waals surface area contributed by atoms with Crippen LogP contribution in [-0.2, 0) is 0 Å². The van der Waals surface area contributed by atoms with E-state index >= 15 is 0 Å². The van der Waals surface area contributed by atoms with Crippen LogP contribution in [0.15, 0.2) is 47.5 Å². The Labute approximate surface area is 137 Å². The molecule has 0 saturated carbocycles. The Hall–Kier alpha value is -3.62. The van der Waals surface area contributed by atoms with Crippen LogP contribution in [0.4, 0.5) is 23.1 Å². The lowest BCUT2D eigenvalue weighted by molar-refractivity contribution is 0.0935. The van der Waals surface area contributed by atoms with Gasteiger partial charge in [0, 0.05) is 6.20 Å². The van der Waals surface area contributed by atoms with E-state index in [9.17, 15) is 4.79 Å². The first-order valence-electron chi connectivity index (χ1n) is 7.03. The van der Waals surface area contributed by atoms with Crippen molar-refractivity contribution in [2.24, 2.45) is 0 Å². The summed E-state index contributed by atoms with van der Waals surface area (Å²) in [6, 6.07) is 6.89. The molecule has 0 aromatic carbocycles. The minimum atomic E-state index is -0.451. The molecule has 9 heteroatoms. The predicted octanol–water partition coefficient (Wildman–Crippen LogP) is 1.86. The summed E-state index contributed by atoms with van der Waals surface area (Å²) < 4.78 is 4.99. The molecule has 1 amide bonds. The molecular formula is C15H15N7O2. The summed E-state index contributed by atoms with van der Waals surface area (Å²) in [5.41, 5.74) is 12.4. The lowest BCUT2D eigenvalue weighted by Gasteiger charge is -2.12. The third-order valence-corrected chi connectivity index (χ3v) is 3.09. The predicted molar refractivity (Wildman–Crippen MR) is 88.5 cm³/mol. The van der Waals surface area contributed by atoms with E-state index in [1.54, 1.807) is 12.3 Å². The van der Waals surface area contributed by atoms with Crippen molar-refractivity contribution in [2.45, 2.75) is 6.92 Å². The maximum Gasteiger partial charge on any atom is 0.305 e. The summed E-state index contributed by atoms with van der Waals surface area (Å²) in [6.07, 6.45) is 4.40. The Balaban J connectivity index is 1.72. The van der Waals surface area contributed by atoms with Gasteiger partial charge < -0.3 is 15.5 Å². The minimum Gasteiger partial charge on any atom is -0.459 e. The maximum atomic E-state index is 11.8. The number of hydrogen-bond donors (Lipinski definition) is 4. The standard InChI is InChI=1S/C15H15N7O2/c1-9-4-5-17-11(7-9)20-13-12(16)14(19-8-18-13)21-22-15(23)10-3-2-6-24-10/h2-8H,16H2,1H3,(H,22,23)(H2,17,18,19,20,21). The molecule has 3 aromatic heterocycles. The largest absolute Gasteiger partial charge is 0.459 e. The number of aromatic nitrogens is 3. The highest BCUT2D eigenvalue weighted by Gasteiger charge is 2.12. The Morgan fingerprint density at radius 3 is 2.79 bits per heavy atom. The number of nitrogen functional groups attached to an aromatic ring is 1. The molecular weight excluding hydrogens is 310 g/mol. The fourth-order valence-electron chi connectivity index (χ4n) is 1.91. The van der Waals surface area contributed by atoms with Crippen LogP contribution in [0.1, 0.15) is 16.1 Å². The Morgan fingerprint density at radius 2 is 2.04 bits per heavy atom. The van der Waals surface area contributed by atoms with Gasteiger partial charge in [0.2, 0.25) is 0 Å². The monoisotopic (exact) mass is 325 g/mol. The van der Waals surface area contributed by atoms with Gasteiger partial charge in [0.1, 0.15) is 17.8 Å². The van der Waals surface area contributed by atoms with E-state index < -0.39 is 5.91 Å². The van der Waals surface area contributed by atoms with Crippen molar-refractivity contribution in [3.63, 3.8) is 0 Å². The van der Waals surface area contributed by atoms with Gasteiger partial charge in [-0.1, -0.05) is 0 Å². The van der Waals surface area contributed by atoms with Crippen molar-refractivity contribution in [3.05, 3.63) is 54.4 Å². The molecule has 9 nitrogen and oxygen atoms in total. The van der Waals surface area contributed by atoms with Crippen molar-refractivity contribution >= 4 is 29.0 Å². The van der Waals surface area contributed by atoms with Gasteiger partial charge in [-0.3, -0.25) is 15.6 Å². The number of nitrogens with one attached hydrogen (secondary N) is 3. The summed E-state index contributed by atoms with van der Waals surface area (Å²) in [7, 11) is 0. The number of nitrogens with zero attached hydrogens (tertiary/aromatic N) is 3. The van der Waals surface area contributed by atoms with Crippen LogP contribution < -0.4 is 21.9 Å². The van der Waals surface area contributed by atoms with Gasteiger partial charge in [0.05, 0.1) is 6.26 Å². The van der Waals surface area contributed by atoms with Crippen molar-refractivity contribution in [1.82, 2.24) is 20.4 Å². The second kappa shape index (κ2) is 6.65. The van der Waals surface area contributed by atoms with Crippen LogP contribution in [0.2, 0.25) is 0 Å². The first kappa shape index (κ1) is 15.3. The summed E-state index contributed by atoms with van der Waals surface area (Å²) >= 11 is 0. The van der Waals surface area contributed by atoms with E-state index in [-0.39, 0.29) is 17.3 Å². The quantitative estimate of drug-likeness (QED) is 0.523. The fourth-order valence-corrected chi connectivity index (χ4v) is 1.91. The Morgan fingerprint density at radius 1 is 1.21 bits per heavy atom. The van der Waals surface area contributed by atoms with E-state index in [1.807, 2.05) is 19.1 Å². The average molecular weight is 325 g/mol. The Bertz CT molecular complexity index is 849. The number of carbonyl (C=O) groups is 1. The maximum absolute atomic E-state index is 11.8. The van der Waals surface area contributed by atoms with Gasteiger partial charge in [-0.05, 0) is 36.8 Å². The van der Waals surface area contributed by atoms with Crippen LogP contribution in [0.3, 0.4) is 0 Å². The molecule has 0 aliphatic carbocycles. The number of anilines is 4. The Kier molecular flexibility index (Phi) is 4.23. The topological polar surface area (TPSA) is 131 Å². The molecule has 5 N–H and O–H groups in total. The number of hydrogen-bond acceptors (Lipinski definition) is 8. The molecule has 0 aliphatic rings. The number of pyridine rings is 1. The zero-order valence-electron chi connectivity index (χ0n) is 12.8. The van der Waals surface area contributed by atoms with Crippen LogP contribution in [0, 0.1) is 6.92 Å². The van der Waals surface area contributed by atoms with Gasteiger partial charge in [-0.2, -0.15) is 0 Å². The third-order valence-electron chi connectivity index (χ3n) is 3.09. The summed E-state index contributed by atoms with van der Waals surface area (Å²) in [6.45, 7) is 1.95. The molecule has 3 aromatic rings. The van der Waals surface area contributed by atoms with E-state index in [4.69, 9.17) is 10.2 Å². The zero-order valence-corrected chi connectivity index (χ0v) is 12.8. The smallest absolute Gasteiger partial charge is 0.305 e. The van der Waals surface area contributed by atoms with Crippen LogP contribution in [-0.4, -0.2) is 20.9 Å². The molecule has 0 aliphatic heterocycles. The highest BCUT2D eigenvalue weighted by Crippen LogP contribution is 2.24. The van der Waals surface area contributed by atoms with E-state index in [0.717, 1.165) is 5.56 Å². The number of hydrazine groups is 1. The molecule has 0 unspecified atom stereocenters. The molecule has 0 bridgehead atoms. The molecule has 3 rings (SSSR count). The number of furan rings is 1. The number of aryl methyl sites for hydroxylation is 1. The highest BCUT2D eigenvalue weighted by molar-refractivity contribution is 5.92. The molecule has 3 heterocycles. The third kappa shape index (κ3) is 3.40. The highest BCUT2D eigenvalue weighted by atomic mass is 16.3.